The van der Waals surface area contributed by atoms with E-state index in [1.54, 1.807) is 0 Å². The van der Waals surface area contributed by atoms with Gasteiger partial charge in [0.2, 0.25) is 0 Å². The summed E-state index contributed by atoms with van der Waals surface area (Å²) in [5.74, 6) is 0. The molecule has 0 atom stereocenters. The number of rotatable bonds is 18. The normalized spacial score (nSPS) is 10.8. The van der Waals surface area contributed by atoms with Gasteiger partial charge in [-0.25, -0.2) is 0 Å². The SMILES string of the molecule is C=CC(=C)CCCCCCCC=CCCCCCCCC(=C)C=C. The van der Waals surface area contributed by atoms with Crippen LogP contribution in [0.5, 0.6) is 0 Å². The fourth-order valence-electron chi connectivity index (χ4n) is 2.73. The van der Waals surface area contributed by atoms with Crippen LogP contribution in [0.2, 0.25) is 0 Å². The van der Waals surface area contributed by atoms with Crippen molar-refractivity contribution in [1.82, 2.24) is 0 Å². The summed E-state index contributed by atoms with van der Waals surface area (Å²) in [6.45, 7) is 15.4. The Morgan fingerprint density at radius 3 is 1.21 bits per heavy atom. The Morgan fingerprint density at radius 1 is 0.500 bits per heavy atom. The van der Waals surface area contributed by atoms with E-state index in [0.29, 0.717) is 0 Å². The van der Waals surface area contributed by atoms with E-state index >= 15 is 0 Å². The van der Waals surface area contributed by atoms with E-state index in [0.717, 1.165) is 12.8 Å². The molecule has 0 fully saturated rings. The lowest BCUT2D eigenvalue weighted by molar-refractivity contribution is 0.613. The molecule has 0 nitrogen and oxygen atoms in total. The Hall–Kier alpha value is -1.30. The van der Waals surface area contributed by atoms with Crippen LogP contribution in [-0.4, -0.2) is 0 Å². The first-order valence-corrected chi connectivity index (χ1v) is 9.96. The molecule has 24 heavy (non-hydrogen) atoms. The largest absolute Gasteiger partial charge is 0.0988 e. The third-order valence-corrected chi connectivity index (χ3v) is 4.48. The molecule has 0 aromatic carbocycles. The fourth-order valence-corrected chi connectivity index (χ4v) is 2.73. The summed E-state index contributed by atoms with van der Waals surface area (Å²) in [6.07, 6.45) is 26.6. The minimum absolute atomic E-state index is 1.12. The monoisotopic (exact) mass is 328 g/mol. The lowest BCUT2D eigenvalue weighted by Crippen LogP contribution is -1.81. The van der Waals surface area contributed by atoms with Gasteiger partial charge in [-0.1, -0.05) is 100 Å². The molecule has 0 aliphatic rings. The van der Waals surface area contributed by atoms with Gasteiger partial charge in [-0.3, -0.25) is 0 Å². The van der Waals surface area contributed by atoms with Gasteiger partial charge in [0.15, 0.2) is 0 Å². The van der Waals surface area contributed by atoms with Gasteiger partial charge in [0.1, 0.15) is 0 Å². The average Bonchev–Trinajstić information content (AvgIpc) is 2.60. The summed E-state index contributed by atoms with van der Waals surface area (Å²) in [6, 6.07) is 0. The minimum Gasteiger partial charge on any atom is -0.0988 e. The van der Waals surface area contributed by atoms with E-state index in [9.17, 15) is 0 Å². The van der Waals surface area contributed by atoms with Crippen molar-refractivity contribution in [3.05, 3.63) is 61.8 Å². The highest BCUT2D eigenvalue weighted by Gasteiger charge is 1.93. The maximum absolute atomic E-state index is 3.95. The second-order valence-corrected chi connectivity index (χ2v) is 6.81. The molecule has 0 N–H and O–H groups in total. The molecule has 0 aliphatic heterocycles. The van der Waals surface area contributed by atoms with Crippen molar-refractivity contribution >= 4 is 0 Å². The van der Waals surface area contributed by atoms with Gasteiger partial charge in [0.25, 0.3) is 0 Å². The zero-order chi connectivity index (χ0) is 17.9. The molecule has 0 saturated heterocycles. The van der Waals surface area contributed by atoms with Crippen LogP contribution in [0.15, 0.2) is 61.8 Å². The molecule has 0 aliphatic carbocycles. The summed E-state index contributed by atoms with van der Waals surface area (Å²) in [4.78, 5) is 0. The van der Waals surface area contributed by atoms with Crippen LogP contribution >= 0.6 is 0 Å². The van der Waals surface area contributed by atoms with E-state index in [1.165, 1.54) is 88.2 Å². The first-order chi connectivity index (χ1) is 11.7. The molecule has 0 heteroatoms. The number of allylic oxidation sites excluding steroid dienone is 6. The van der Waals surface area contributed by atoms with Crippen molar-refractivity contribution in [1.29, 1.82) is 0 Å². The van der Waals surface area contributed by atoms with Crippen LogP contribution in [0.25, 0.3) is 0 Å². The molecular weight excluding hydrogens is 288 g/mol. The highest BCUT2D eigenvalue weighted by molar-refractivity contribution is 5.10. The number of hydrogen-bond acceptors (Lipinski definition) is 0. The van der Waals surface area contributed by atoms with Gasteiger partial charge in [-0.05, 0) is 51.4 Å². The van der Waals surface area contributed by atoms with Crippen molar-refractivity contribution in [3.63, 3.8) is 0 Å². The van der Waals surface area contributed by atoms with Crippen molar-refractivity contribution in [2.45, 2.75) is 89.9 Å². The molecule has 0 aromatic heterocycles. The molecule has 0 bridgehead atoms. The average molecular weight is 329 g/mol. The van der Waals surface area contributed by atoms with E-state index in [4.69, 9.17) is 0 Å². The smallest absolute Gasteiger partial charge is 0.0285 e. The predicted octanol–water partition coefficient (Wildman–Crippen LogP) is 8.49. The summed E-state index contributed by atoms with van der Waals surface area (Å²) < 4.78 is 0. The second kappa shape index (κ2) is 18.0. The minimum atomic E-state index is 1.12. The fraction of sp³-hybridized carbons (Fsp3) is 0.583. The Balaban J connectivity index is 3.19. The molecule has 0 amide bonds. The topological polar surface area (TPSA) is 0 Å². The zero-order valence-corrected chi connectivity index (χ0v) is 16.0. The van der Waals surface area contributed by atoms with Gasteiger partial charge in [0, 0.05) is 0 Å². The third kappa shape index (κ3) is 17.1. The summed E-state index contributed by atoms with van der Waals surface area (Å²) in [7, 11) is 0. The van der Waals surface area contributed by atoms with Crippen molar-refractivity contribution in [3.8, 4) is 0 Å². The van der Waals surface area contributed by atoms with Crippen LogP contribution in [0.1, 0.15) is 89.9 Å². The van der Waals surface area contributed by atoms with E-state index in [-0.39, 0.29) is 0 Å². The third-order valence-electron chi connectivity index (χ3n) is 4.48. The number of unbranched alkanes of at least 4 members (excludes halogenated alkanes) is 10. The van der Waals surface area contributed by atoms with E-state index in [1.807, 2.05) is 12.2 Å². The van der Waals surface area contributed by atoms with Crippen LogP contribution in [-0.2, 0) is 0 Å². The first kappa shape index (κ1) is 22.7. The molecule has 0 aromatic rings. The summed E-state index contributed by atoms with van der Waals surface area (Å²) in [5.41, 5.74) is 2.36. The Morgan fingerprint density at radius 2 is 0.833 bits per heavy atom. The molecule has 0 radical (unpaired) electrons. The molecule has 0 heterocycles. The first-order valence-electron chi connectivity index (χ1n) is 9.96. The van der Waals surface area contributed by atoms with Gasteiger partial charge in [-0.2, -0.15) is 0 Å². The van der Waals surface area contributed by atoms with Gasteiger partial charge >= 0.3 is 0 Å². The predicted molar refractivity (Wildman–Crippen MR) is 112 cm³/mol. The standard InChI is InChI=1S/C24H40/c1-5-23(3)21-19-17-15-13-11-9-7-8-10-12-14-16-18-20-22-24(4)6-2/h5-8H,1-4,9-22H2. The van der Waals surface area contributed by atoms with Crippen LogP contribution in [0, 0.1) is 0 Å². The van der Waals surface area contributed by atoms with E-state index < -0.39 is 0 Å². The molecule has 136 valence electrons. The molecule has 0 spiro atoms. The van der Waals surface area contributed by atoms with Gasteiger partial charge in [0.05, 0.1) is 0 Å². The van der Waals surface area contributed by atoms with Crippen molar-refractivity contribution < 1.29 is 0 Å². The Kier molecular flexibility index (Phi) is 17.1. The maximum Gasteiger partial charge on any atom is -0.0285 e. The Bertz CT molecular complexity index is 333. The molecule has 0 rings (SSSR count). The number of hydrogen-bond donors (Lipinski definition) is 0. The summed E-state index contributed by atoms with van der Waals surface area (Å²) in [5, 5.41) is 0. The highest BCUT2D eigenvalue weighted by Crippen LogP contribution is 2.13. The van der Waals surface area contributed by atoms with Crippen molar-refractivity contribution in [2.75, 3.05) is 0 Å². The highest BCUT2D eigenvalue weighted by atomic mass is 14.0. The van der Waals surface area contributed by atoms with E-state index in [2.05, 4.69) is 38.5 Å². The van der Waals surface area contributed by atoms with Crippen LogP contribution in [0.4, 0.5) is 0 Å². The lowest BCUT2D eigenvalue weighted by atomic mass is 10.1. The molecule has 0 unspecified atom stereocenters. The van der Waals surface area contributed by atoms with Gasteiger partial charge in [-0.15, -0.1) is 0 Å². The Labute approximate surface area is 152 Å². The molecule has 0 saturated carbocycles. The maximum atomic E-state index is 3.95. The van der Waals surface area contributed by atoms with Crippen LogP contribution < -0.4 is 0 Å². The molecular formula is C24H40. The quantitative estimate of drug-likeness (QED) is 0.134. The second-order valence-electron chi connectivity index (χ2n) is 6.81. The van der Waals surface area contributed by atoms with Gasteiger partial charge < -0.3 is 0 Å². The lowest BCUT2D eigenvalue weighted by Gasteiger charge is -2.01. The van der Waals surface area contributed by atoms with Crippen LogP contribution in [0.3, 0.4) is 0 Å². The van der Waals surface area contributed by atoms with Crippen molar-refractivity contribution in [2.24, 2.45) is 0 Å². The summed E-state index contributed by atoms with van der Waals surface area (Å²) >= 11 is 0. The zero-order valence-electron chi connectivity index (χ0n) is 16.0.